The Labute approximate surface area is 114 Å². The number of hydrogen-bond acceptors (Lipinski definition) is 4. The lowest BCUT2D eigenvalue weighted by Gasteiger charge is -2.26. The van der Waals surface area contributed by atoms with Gasteiger partial charge in [0.05, 0.1) is 11.8 Å². The first-order chi connectivity index (χ1) is 8.62. The Hall–Kier alpha value is -0.730. The number of nitrogens with one attached hydrogen (secondary N) is 1. The van der Waals surface area contributed by atoms with E-state index in [0.717, 1.165) is 38.5 Å². The number of nitrogens with zero attached hydrogens (tertiary/aromatic N) is 1. The van der Waals surface area contributed by atoms with Crippen LogP contribution in [0.1, 0.15) is 45.4 Å². The molecule has 1 saturated carbocycles. The first-order valence-electron chi connectivity index (χ1n) is 6.66. The lowest BCUT2D eigenvalue weighted by atomic mass is 9.92. The molecular formula is C13H23N3OS. The minimum absolute atomic E-state index is 0.0382. The summed E-state index contributed by atoms with van der Waals surface area (Å²) in [5, 5.41) is 12.6. The maximum atomic E-state index is 11.9. The van der Waals surface area contributed by atoms with Crippen LogP contribution < -0.4 is 11.1 Å². The Morgan fingerprint density at radius 1 is 1.44 bits per heavy atom. The summed E-state index contributed by atoms with van der Waals surface area (Å²) in [5.41, 5.74) is 4.89. The van der Waals surface area contributed by atoms with Crippen LogP contribution in [0.4, 0.5) is 0 Å². The van der Waals surface area contributed by atoms with Crippen molar-refractivity contribution in [2.45, 2.75) is 56.2 Å². The molecule has 1 aliphatic rings. The van der Waals surface area contributed by atoms with E-state index in [4.69, 9.17) is 5.73 Å². The van der Waals surface area contributed by atoms with Gasteiger partial charge in [0.2, 0.25) is 5.91 Å². The number of nitrogens with two attached hydrogens (primary N) is 1. The van der Waals surface area contributed by atoms with E-state index < -0.39 is 5.54 Å². The van der Waals surface area contributed by atoms with Crippen molar-refractivity contribution in [1.29, 1.82) is 5.26 Å². The van der Waals surface area contributed by atoms with Gasteiger partial charge < -0.3 is 11.1 Å². The lowest BCUT2D eigenvalue weighted by Crippen LogP contribution is -2.47. The molecule has 5 heteroatoms. The first-order valence-corrected chi connectivity index (χ1v) is 7.71. The summed E-state index contributed by atoms with van der Waals surface area (Å²) in [4.78, 5) is 11.9. The average Bonchev–Trinajstić information content (AvgIpc) is 2.62. The van der Waals surface area contributed by atoms with Crippen molar-refractivity contribution in [1.82, 2.24) is 5.32 Å². The van der Waals surface area contributed by atoms with E-state index in [1.165, 1.54) is 0 Å². The molecule has 0 aliphatic heterocycles. The largest absolute Gasteiger partial charge is 0.337 e. The zero-order chi connectivity index (χ0) is 13.4. The molecule has 1 rings (SSSR count). The smallest absolute Gasteiger partial charge is 0.231 e. The van der Waals surface area contributed by atoms with Gasteiger partial charge in [-0.1, -0.05) is 32.6 Å². The fraction of sp³-hybridized carbons (Fsp3) is 0.846. The number of nitriles is 1. The van der Waals surface area contributed by atoms with Crippen molar-refractivity contribution >= 4 is 17.7 Å². The summed E-state index contributed by atoms with van der Waals surface area (Å²) in [6.45, 7) is 2.57. The summed E-state index contributed by atoms with van der Waals surface area (Å²) in [5.74, 6) is 0.352. The van der Waals surface area contributed by atoms with Gasteiger partial charge in [-0.25, -0.2) is 0 Å². The molecule has 4 nitrogen and oxygen atoms in total. The van der Waals surface area contributed by atoms with Crippen molar-refractivity contribution in [2.75, 3.05) is 12.3 Å². The zero-order valence-corrected chi connectivity index (χ0v) is 11.9. The van der Waals surface area contributed by atoms with Gasteiger partial charge in [0.15, 0.2) is 0 Å². The highest BCUT2D eigenvalue weighted by atomic mass is 32.2. The van der Waals surface area contributed by atoms with Gasteiger partial charge in [-0.2, -0.15) is 5.26 Å². The third-order valence-electron chi connectivity index (χ3n) is 3.38. The molecule has 1 fully saturated rings. The minimum Gasteiger partial charge on any atom is -0.337 e. The monoisotopic (exact) mass is 269 g/mol. The SMILES string of the molecule is CC(CN)SCC(=O)NC1(C#N)CCCCCC1. The molecule has 102 valence electrons. The molecule has 0 spiro atoms. The van der Waals surface area contributed by atoms with E-state index in [-0.39, 0.29) is 11.2 Å². The van der Waals surface area contributed by atoms with Crippen LogP contribution in [0.15, 0.2) is 0 Å². The Balaban J connectivity index is 2.46. The van der Waals surface area contributed by atoms with Crippen molar-refractivity contribution in [3.8, 4) is 6.07 Å². The third kappa shape index (κ3) is 4.87. The molecule has 1 amide bonds. The Morgan fingerprint density at radius 2 is 2.06 bits per heavy atom. The predicted octanol–water partition coefficient (Wildman–Crippen LogP) is 1.80. The second kappa shape index (κ2) is 7.65. The topological polar surface area (TPSA) is 78.9 Å². The Bertz CT molecular complexity index is 306. The van der Waals surface area contributed by atoms with Crippen molar-refractivity contribution in [3.63, 3.8) is 0 Å². The summed E-state index contributed by atoms with van der Waals surface area (Å²) in [7, 11) is 0. The molecule has 0 saturated heterocycles. The molecule has 0 aromatic heterocycles. The lowest BCUT2D eigenvalue weighted by molar-refractivity contribution is -0.120. The van der Waals surface area contributed by atoms with Gasteiger partial charge in [0.25, 0.3) is 0 Å². The third-order valence-corrected chi connectivity index (χ3v) is 4.57. The zero-order valence-electron chi connectivity index (χ0n) is 11.1. The summed E-state index contributed by atoms with van der Waals surface area (Å²) in [6, 6.07) is 2.32. The molecule has 0 aromatic rings. The van der Waals surface area contributed by atoms with Crippen LogP contribution in [0, 0.1) is 11.3 Å². The standard InChI is InChI=1S/C13H23N3OS/c1-11(8-14)18-9-12(17)16-13(10-15)6-4-2-3-5-7-13/h11H,2-9,14H2,1H3,(H,16,17). The van der Waals surface area contributed by atoms with Crippen molar-refractivity contribution < 1.29 is 4.79 Å². The predicted molar refractivity (Wildman–Crippen MR) is 75.2 cm³/mol. The molecule has 3 N–H and O–H groups in total. The van der Waals surface area contributed by atoms with Crippen molar-refractivity contribution in [3.05, 3.63) is 0 Å². The molecule has 1 unspecified atom stereocenters. The average molecular weight is 269 g/mol. The van der Waals surface area contributed by atoms with E-state index in [2.05, 4.69) is 11.4 Å². The molecule has 0 aromatic carbocycles. The Morgan fingerprint density at radius 3 is 2.56 bits per heavy atom. The van der Waals surface area contributed by atoms with E-state index in [1.54, 1.807) is 11.8 Å². The van der Waals surface area contributed by atoms with Crippen LogP contribution in [0.5, 0.6) is 0 Å². The number of rotatable bonds is 5. The number of carbonyl (C=O) groups is 1. The van der Waals surface area contributed by atoms with Gasteiger partial charge in [0.1, 0.15) is 5.54 Å². The minimum atomic E-state index is -0.625. The molecule has 1 aliphatic carbocycles. The number of hydrogen-bond donors (Lipinski definition) is 2. The van der Waals surface area contributed by atoms with Gasteiger partial charge in [-0.3, -0.25) is 4.79 Å². The molecular weight excluding hydrogens is 246 g/mol. The number of thioether (sulfide) groups is 1. The summed E-state index contributed by atoms with van der Waals surface area (Å²) < 4.78 is 0. The van der Waals surface area contributed by atoms with Crippen LogP contribution in [-0.2, 0) is 4.79 Å². The van der Waals surface area contributed by atoms with Crippen molar-refractivity contribution in [2.24, 2.45) is 5.73 Å². The van der Waals surface area contributed by atoms with E-state index in [9.17, 15) is 10.1 Å². The quantitative estimate of drug-likeness (QED) is 0.746. The van der Waals surface area contributed by atoms with E-state index in [1.807, 2.05) is 6.92 Å². The maximum Gasteiger partial charge on any atom is 0.231 e. The van der Waals surface area contributed by atoms with Gasteiger partial charge in [0, 0.05) is 11.8 Å². The molecule has 0 bridgehead atoms. The highest BCUT2D eigenvalue weighted by Crippen LogP contribution is 2.26. The second-order valence-electron chi connectivity index (χ2n) is 5.01. The van der Waals surface area contributed by atoms with Crippen LogP contribution >= 0.6 is 11.8 Å². The summed E-state index contributed by atoms with van der Waals surface area (Å²) >= 11 is 1.54. The van der Waals surface area contributed by atoms with Gasteiger partial charge >= 0.3 is 0 Å². The van der Waals surface area contributed by atoms with Gasteiger partial charge in [-0.15, -0.1) is 11.8 Å². The highest BCUT2D eigenvalue weighted by molar-refractivity contribution is 8.00. The summed E-state index contributed by atoms with van der Waals surface area (Å²) in [6.07, 6.45) is 5.95. The fourth-order valence-corrected chi connectivity index (χ4v) is 2.83. The van der Waals surface area contributed by atoms with E-state index >= 15 is 0 Å². The van der Waals surface area contributed by atoms with Crippen LogP contribution in [-0.4, -0.2) is 29.0 Å². The normalized spacial score (nSPS) is 20.5. The van der Waals surface area contributed by atoms with Crippen LogP contribution in [0.3, 0.4) is 0 Å². The highest BCUT2D eigenvalue weighted by Gasteiger charge is 2.32. The van der Waals surface area contributed by atoms with Crippen LogP contribution in [0.25, 0.3) is 0 Å². The molecule has 0 radical (unpaired) electrons. The first kappa shape index (κ1) is 15.3. The Kier molecular flexibility index (Phi) is 6.51. The molecule has 1 atom stereocenters. The second-order valence-corrected chi connectivity index (χ2v) is 6.44. The van der Waals surface area contributed by atoms with Gasteiger partial charge in [-0.05, 0) is 12.8 Å². The van der Waals surface area contributed by atoms with Crippen LogP contribution in [0.2, 0.25) is 0 Å². The molecule has 0 heterocycles. The molecule has 18 heavy (non-hydrogen) atoms. The fourth-order valence-electron chi connectivity index (χ4n) is 2.19. The number of amides is 1. The maximum absolute atomic E-state index is 11.9. The number of carbonyl (C=O) groups excluding carboxylic acids is 1. The van der Waals surface area contributed by atoms with E-state index in [0.29, 0.717) is 12.3 Å².